The third-order valence-corrected chi connectivity index (χ3v) is 4.58. The van der Waals surface area contributed by atoms with Crippen LogP contribution in [0.4, 0.5) is 5.69 Å². The van der Waals surface area contributed by atoms with Gasteiger partial charge in [0.2, 0.25) is 0 Å². The summed E-state index contributed by atoms with van der Waals surface area (Å²) in [5, 5.41) is 3.62. The van der Waals surface area contributed by atoms with Crippen LogP contribution in [0.3, 0.4) is 0 Å². The fraction of sp³-hybridized carbons (Fsp3) is 0.688. The molecule has 110 valence electrons. The van der Waals surface area contributed by atoms with E-state index in [0.29, 0.717) is 18.2 Å². The number of nitrogens with one attached hydrogen (secondary N) is 1. The van der Waals surface area contributed by atoms with E-state index in [1.54, 1.807) is 0 Å². The zero-order valence-electron chi connectivity index (χ0n) is 12.5. The van der Waals surface area contributed by atoms with Crippen LogP contribution in [0.25, 0.3) is 0 Å². The Labute approximate surface area is 121 Å². The maximum absolute atomic E-state index is 5.69. The van der Waals surface area contributed by atoms with Gasteiger partial charge in [0.25, 0.3) is 0 Å². The lowest BCUT2D eigenvalue weighted by Crippen LogP contribution is -2.47. The molecule has 4 heteroatoms. The van der Waals surface area contributed by atoms with Gasteiger partial charge in [-0.3, -0.25) is 9.88 Å². The molecule has 4 nitrogen and oxygen atoms in total. The highest BCUT2D eigenvalue weighted by molar-refractivity contribution is 5.43. The molecular weight excluding hydrogens is 250 g/mol. The maximum atomic E-state index is 5.69. The minimum atomic E-state index is 0.403. The molecule has 0 saturated carbocycles. The fourth-order valence-electron chi connectivity index (χ4n) is 3.44. The predicted molar refractivity (Wildman–Crippen MR) is 81.0 cm³/mol. The van der Waals surface area contributed by atoms with Crippen molar-refractivity contribution in [3.8, 4) is 0 Å². The molecule has 0 spiro atoms. The van der Waals surface area contributed by atoms with Gasteiger partial charge in [-0.1, -0.05) is 0 Å². The summed E-state index contributed by atoms with van der Waals surface area (Å²) in [4.78, 5) is 6.86. The van der Waals surface area contributed by atoms with Crippen LogP contribution in [-0.4, -0.2) is 47.8 Å². The molecule has 1 N–H and O–H groups in total. The van der Waals surface area contributed by atoms with E-state index in [9.17, 15) is 0 Å². The van der Waals surface area contributed by atoms with Gasteiger partial charge in [0.1, 0.15) is 0 Å². The van der Waals surface area contributed by atoms with Crippen LogP contribution in [0.2, 0.25) is 0 Å². The van der Waals surface area contributed by atoms with Gasteiger partial charge in [-0.15, -0.1) is 0 Å². The molecule has 0 aliphatic carbocycles. The van der Waals surface area contributed by atoms with E-state index in [4.69, 9.17) is 4.74 Å². The van der Waals surface area contributed by atoms with Crippen molar-refractivity contribution in [3.05, 3.63) is 24.0 Å². The molecule has 2 saturated heterocycles. The maximum Gasteiger partial charge on any atom is 0.0703 e. The van der Waals surface area contributed by atoms with Crippen molar-refractivity contribution >= 4 is 5.69 Å². The SMILES string of the molecule is Cc1cncc(NC2CCN(C3CCOC3C)CC2)c1. The van der Waals surface area contributed by atoms with Gasteiger partial charge >= 0.3 is 0 Å². The van der Waals surface area contributed by atoms with Crippen molar-refractivity contribution in [2.75, 3.05) is 25.0 Å². The molecule has 1 aromatic heterocycles. The van der Waals surface area contributed by atoms with Gasteiger partial charge in [0.05, 0.1) is 11.8 Å². The topological polar surface area (TPSA) is 37.4 Å². The minimum Gasteiger partial charge on any atom is -0.381 e. The van der Waals surface area contributed by atoms with E-state index in [0.717, 1.165) is 12.3 Å². The van der Waals surface area contributed by atoms with Crippen LogP contribution < -0.4 is 5.32 Å². The highest BCUT2D eigenvalue weighted by Crippen LogP contribution is 2.24. The van der Waals surface area contributed by atoms with Gasteiger partial charge in [-0.05, 0) is 44.7 Å². The highest BCUT2D eigenvalue weighted by Gasteiger charge is 2.32. The molecule has 2 aliphatic rings. The quantitative estimate of drug-likeness (QED) is 0.919. The Hall–Kier alpha value is -1.13. The van der Waals surface area contributed by atoms with Gasteiger partial charge in [0, 0.05) is 44.2 Å². The van der Waals surface area contributed by atoms with Crippen LogP contribution in [0.5, 0.6) is 0 Å². The Balaban J connectivity index is 1.51. The number of hydrogen-bond donors (Lipinski definition) is 1. The van der Waals surface area contributed by atoms with Crippen molar-refractivity contribution in [2.24, 2.45) is 0 Å². The standard InChI is InChI=1S/C16H25N3O/c1-12-9-15(11-17-10-12)18-14-3-6-19(7-4-14)16-5-8-20-13(16)2/h9-11,13-14,16,18H,3-8H2,1-2H3. The molecular formula is C16H25N3O. The molecule has 3 rings (SSSR count). The minimum absolute atomic E-state index is 0.403. The number of likely N-dealkylation sites (tertiary alicyclic amines) is 1. The second-order valence-corrected chi connectivity index (χ2v) is 6.14. The lowest BCUT2D eigenvalue weighted by atomic mass is 10.0. The molecule has 0 aromatic carbocycles. The highest BCUT2D eigenvalue weighted by atomic mass is 16.5. The summed E-state index contributed by atoms with van der Waals surface area (Å²) < 4.78 is 5.69. The van der Waals surface area contributed by atoms with Gasteiger partial charge in [0.15, 0.2) is 0 Å². The molecule has 0 radical (unpaired) electrons. The molecule has 0 bridgehead atoms. The number of anilines is 1. The molecule has 2 unspecified atom stereocenters. The predicted octanol–water partition coefficient (Wildman–Crippen LogP) is 2.44. The Bertz CT molecular complexity index is 443. The first kappa shape index (κ1) is 13.8. The lowest BCUT2D eigenvalue weighted by Gasteiger charge is -2.37. The second-order valence-electron chi connectivity index (χ2n) is 6.14. The summed E-state index contributed by atoms with van der Waals surface area (Å²) in [6.07, 6.45) is 7.83. The van der Waals surface area contributed by atoms with Crippen molar-refractivity contribution in [1.82, 2.24) is 9.88 Å². The second kappa shape index (κ2) is 6.10. The smallest absolute Gasteiger partial charge is 0.0703 e. The molecule has 2 aliphatic heterocycles. The van der Waals surface area contributed by atoms with Crippen LogP contribution in [0.15, 0.2) is 18.5 Å². The molecule has 20 heavy (non-hydrogen) atoms. The first-order chi connectivity index (χ1) is 9.72. The number of piperidine rings is 1. The number of pyridine rings is 1. The van der Waals surface area contributed by atoms with Gasteiger partial charge in [-0.25, -0.2) is 0 Å². The summed E-state index contributed by atoms with van der Waals surface area (Å²) in [5.74, 6) is 0. The van der Waals surface area contributed by atoms with Gasteiger partial charge < -0.3 is 10.1 Å². The molecule has 2 fully saturated rings. The summed E-state index contributed by atoms with van der Waals surface area (Å²) in [6, 6.07) is 3.38. The number of rotatable bonds is 3. The Morgan fingerprint density at radius 3 is 2.70 bits per heavy atom. The largest absolute Gasteiger partial charge is 0.381 e. The first-order valence-electron chi connectivity index (χ1n) is 7.76. The third-order valence-electron chi connectivity index (χ3n) is 4.58. The van der Waals surface area contributed by atoms with E-state index in [1.165, 1.54) is 37.9 Å². The number of ether oxygens (including phenoxy) is 1. The van der Waals surface area contributed by atoms with Crippen LogP contribution in [-0.2, 0) is 4.74 Å². The van der Waals surface area contributed by atoms with Crippen molar-refractivity contribution in [2.45, 2.75) is 51.3 Å². The summed E-state index contributed by atoms with van der Waals surface area (Å²) in [5.41, 5.74) is 2.37. The number of nitrogens with zero attached hydrogens (tertiary/aromatic N) is 2. The average molecular weight is 275 g/mol. The molecule has 1 aromatic rings. The number of aryl methyl sites for hydroxylation is 1. The number of hydrogen-bond acceptors (Lipinski definition) is 4. The van der Waals surface area contributed by atoms with Crippen molar-refractivity contribution < 1.29 is 4.74 Å². The van der Waals surface area contributed by atoms with Crippen molar-refractivity contribution in [1.29, 1.82) is 0 Å². The lowest BCUT2D eigenvalue weighted by molar-refractivity contribution is 0.0641. The summed E-state index contributed by atoms with van der Waals surface area (Å²) in [6.45, 7) is 7.58. The monoisotopic (exact) mass is 275 g/mol. The molecule has 2 atom stereocenters. The van der Waals surface area contributed by atoms with E-state index in [-0.39, 0.29) is 0 Å². The van der Waals surface area contributed by atoms with Crippen LogP contribution in [0.1, 0.15) is 31.7 Å². The Morgan fingerprint density at radius 1 is 1.25 bits per heavy atom. The average Bonchev–Trinajstić information content (AvgIpc) is 2.86. The van der Waals surface area contributed by atoms with E-state index >= 15 is 0 Å². The van der Waals surface area contributed by atoms with Gasteiger partial charge in [-0.2, -0.15) is 0 Å². The normalized spacial score (nSPS) is 28.7. The first-order valence-corrected chi connectivity index (χ1v) is 7.76. The number of aromatic nitrogens is 1. The van der Waals surface area contributed by atoms with Crippen LogP contribution in [0, 0.1) is 6.92 Å². The summed E-state index contributed by atoms with van der Waals surface area (Å²) in [7, 11) is 0. The third kappa shape index (κ3) is 3.13. The Kier molecular flexibility index (Phi) is 4.22. The molecule has 3 heterocycles. The van der Waals surface area contributed by atoms with E-state index in [1.807, 2.05) is 12.4 Å². The fourth-order valence-corrected chi connectivity index (χ4v) is 3.44. The zero-order valence-corrected chi connectivity index (χ0v) is 12.5. The summed E-state index contributed by atoms with van der Waals surface area (Å²) >= 11 is 0. The molecule has 0 amide bonds. The zero-order chi connectivity index (χ0) is 13.9. The van der Waals surface area contributed by atoms with E-state index in [2.05, 4.69) is 35.1 Å². The van der Waals surface area contributed by atoms with E-state index < -0.39 is 0 Å². The van der Waals surface area contributed by atoms with Crippen molar-refractivity contribution in [3.63, 3.8) is 0 Å². The Morgan fingerprint density at radius 2 is 2.05 bits per heavy atom. The van der Waals surface area contributed by atoms with Crippen LogP contribution >= 0.6 is 0 Å².